The molecule has 0 unspecified atom stereocenters. The Bertz CT molecular complexity index is 819. The van der Waals surface area contributed by atoms with Gasteiger partial charge in [-0.2, -0.15) is 0 Å². The summed E-state index contributed by atoms with van der Waals surface area (Å²) in [5, 5.41) is 14.3. The molecule has 2 aromatic rings. The fourth-order valence-electron chi connectivity index (χ4n) is 2.94. The van der Waals surface area contributed by atoms with Crippen LogP contribution < -0.4 is 14.4 Å². The Morgan fingerprint density at radius 3 is 2.59 bits per heavy atom. The molecule has 3 rings (SSSR count). The van der Waals surface area contributed by atoms with Crippen LogP contribution in [-0.2, 0) is 0 Å². The molecule has 1 fully saturated rings. The van der Waals surface area contributed by atoms with Crippen molar-refractivity contribution in [2.45, 2.75) is 6.92 Å². The van der Waals surface area contributed by atoms with Gasteiger partial charge in [0.05, 0.1) is 24.7 Å². The predicted molar refractivity (Wildman–Crippen MR) is 101 cm³/mol. The SMILES string of the molecule is CCOc1cc(C(=O)N2CCN(c3nccs3)CC2)c([N+](=O)[O-])cc1OC. The van der Waals surface area contributed by atoms with Crippen molar-refractivity contribution in [3.8, 4) is 11.5 Å². The summed E-state index contributed by atoms with van der Waals surface area (Å²) >= 11 is 1.54. The van der Waals surface area contributed by atoms with Gasteiger partial charge in [-0.1, -0.05) is 0 Å². The van der Waals surface area contributed by atoms with Crippen molar-refractivity contribution in [2.75, 3.05) is 44.8 Å². The molecular weight excluding hydrogens is 372 g/mol. The lowest BCUT2D eigenvalue weighted by Gasteiger charge is -2.34. The van der Waals surface area contributed by atoms with Crippen LogP contribution in [0.4, 0.5) is 10.8 Å². The highest BCUT2D eigenvalue weighted by molar-refractivity contribution is 7.13. The summed E-state index contributed by atoms with van der Waals surface area (Å²) in [4.78, 5) is 31.9. The third-order valence-electron chi connectivity index (χ3n) is 4.27. The number of hydrogen-bond acceptors (Lipinski definition) is 8. The molecule has 0 spiro atoms. The van der Waals surface area contributed by atoms with Gasteiger partial charge in [-0.15, -0.1) is 11.3 Å². The van der Waals surface area contributed by atoms with Crippen molar-refractivity contribution in [1.82, 2.24) is 9.88 Å². The van der Waals surface area contributed by atoms with E-state index in [9.17, 15) is 14.9 Å². The third-order valence-corrected chi connectivity index (χ3v) is 5.10. The van der Waals surface area contributed by atoms with Gasteiger partial charge in [0, 0.05) is 43.8 Å². The van der Waals surface area contributed by atoms with Crippen molar-refractivity contribution in [3.05, 3.63) is 39.4 Å². The van der Waals surface area contributed by atoms with Gasteiger partial charge in [-0.25, -0.2) is 4.98 Å². The maximum Gasteiger partial charge on any atom is 0.286 e. The van der Waals surface area contributed by atoms with Crippen molar-refractivity contribution in [2.24, 2.45) is 0 Å². The minimum absolute atomic E-state index is 0.00643. The highest BCUT2D eigenvalue weighted by Crippen LogP contribution is 2.35. The average molecular weight is 392 g/mol. The summed E-state index contributed by atoms with van der Waals surface area (Å²) in [5.74, 6) is 0.160. The Balaban J connectivity index is 1.83. The van der Waals surface area contributed by atoms with Crippen LogP contribution in [0.25, 0.3) is 0 Å². The van der Waals surface area contributed by atoms with Crippen molar-refractivity contribution < 1.29 is 19.2 Å². The van der Waals surface area contributed by atoms with Crippen molar-refractivity contribution >= 4 is 28.1 Å². The molecule has 1 saturated heterocycles. The summed E-state index contributed by atoms with van der Waals surface area (Å²) < 4.78 is 10.6. The number of nitro groups is 1. The average Bonchev–Trinajstić information content (AvgIpc) is 3.22. The topological polar surface area (TPSA) is 98.0 Å². The lowest BCUT2D eigenvalue weighted by atomic mass is 10.1. The first-order valence-corrected chi connectivity index (χ1v) is 9.36. The summed E-state index contributed by atoms with van der Waals surface area (Å²) in [6.45, 7) is 4.33. The second kappa shape index (κ2) is 8.21. The van der Waals surface area contributed by atoms with Crippen LogP contribution in [0.1, 0.15) is 17.3 Å². The highest BCUT2D eigenvalue weighted by atomic mass is 32.1. The zero-order valence-corrected chi connectivity index (χ0v) is 15.9. The number of thiazole rings is 1. The van der Waals surface area contributed by atoms with Crippen LogP contribution in [-0.4, -0.2) is 60.6 Å². The van der Waals surface area contributed by atoms with Gasteiger partial charge in [-0.05, 0) is 6.92 Å². The van der Waals surface area contributed by atoms with Crippen LogP contribution >= 0.6 is 11.3 Å². The van der Waals surface area contributed by atoms with Gasteiger partial charge in [-0.3, -0.25) is 14.9 Å². The van der Waals surface area contributed by atoms with Crippen molar-refractivity contribution in [3.63, 3.8) is 0 Å². The number of nitro benzene ring substituents is 1. The van der Waals surface area contributed by atoms with E-state index in [1.165, 1.54) is 19.2 Å². The number of methoxy groups -OCH3 is 1. The Labute approximate surface area is 160 Å². The molecule has 10 heteroatoms. The maximum atomic E-state index is 13.0. The number of ether oxygens (including phenoxy) is 2. The summed E-state index contributed by atoms with van der Waals surface area (Å²) in [5.41, 5.74) is -0.283. The second-order valence-electron chi connectivity index (χ2n) is 5.80. The summed E-state index contributed by atoms with van der Waals surface area (Å²) in [7, 11) is 1.40. The van der Waals surface area contributed by atoms with E-state index in [0.717, 1.165) is 5.13 Å². The first-order valence-electron chi connectivity index (χ1n) is 8.48. The van der Waals surface area contributed by atoms with Gasteiger partial charge >= 0.3 is 0 Å². The zero-order valence-electron chi connectivity index (χ0n) is 15.1. The molecule has 0 N–H and O–H groups in total. The fourth-order valence-corrected chi connectivity index (χ4v) is 3.64. The van der Waals surface area contributed by atoms with E-state index < -0.39 is 4.92 Å². The Morgan fingerprint density at radius 1 is 1.30 bits per heavy atom. The molecule has 1 aliphatic rings. The van der Waals surface area contributed by atoms with Crippen molar-refractivity contribution in [1.29, 1.82) is 0 Å². The first-order chi connectivity index (χ1) is 13.0. The number of aromatic nitrogens is 1. The minimum Gasteiger partial charge on any atom is -0.493 e. The smallest absolute Gasteiger partial charge is 0.286 e. The van der Waals surface area contributed by atoms with E-state index in [0.29, 0.717) is 38.5 Å². The molecule has 0 atom stereocenters. The molecule has 0 bridgehead atoms. The number of hydrogen-bond donors (Lipinski definition) is 0. The number of benzene rings is 1. The number of carbonyl (C=O) groups is 1. The Kier molecular flexibility index (Phi) is 5.75. The van der Waals surface area contributed by atoms with Crippen LogP contribution in [0, 0.1) is 10.1 Å². The standard InChI is InChI=1S/C17H20N4O5S/c1-3-26-15-10-12(13(21(23)24)11-14(15)25-2)16(22)19-5-7-20(8-6-19)17-18-4-9-27-17/h4,9-11H,3,5-8H2,1-2H3. The molecule has 0 saturated carbocycles. The molecule has 0 aliphatic carbocycles. The maximum absolute atomic E-state index is 13.0. The molecule has 0 radical (unpaired) electrons. The molecule has 9 nitrogen and oxygen atoms in total. The number of anilines is 1. The van der Waals surface area contributed by atoms with Gasteiger partial charge in [0.1, 0.15) is 5.56 Å². The second-order valence-corrected chi connectivity index (χ2v) is 6.68. The molecule has 27 heavy (non-hydrogen) atoms. The molecule has 1 aromatic heterocycles. The number of rotatable bonds is 6. The number of carbonyl (C=O) groups excluding carboxylic acids is 1. The zero-order chi connectivity index (χ0) is 19.4. The van der Waals surface area contributed by atoms with Crippen LogP contribution in [0.15, 0.2) is 23.7 Å². The Hall–Kier alpha value is -2.88. The van der Waals surface area contributed by atoms with E-state index in [1.54, 1.807) is 29.4 Å². The molecular formula is C17H20N4O5S. The van der Waals surface area contributed by atoms with E-state index in [1.807, 2.05) is 5.38 Å². The predicted octanol–water partition coefficient (Wildman–Crippen LogP) is 2.42. The Morgan fingerprint density at radius 2 is 2.04 bits per heavy atom. The van der Waals surface area contributed by atoms with E-state index in [2.05, 4.69) is 9.88 Å². The summed E-state index contributed by atoms with van der Waals surface area (Å²) in [6.07, 6.45) is 1.74. The highest BCUT2D eigenvalue weighted by Gasteiger charge is 2.30. The number of nitrogens with zero attached hydrogens (tertiary/aromatic N) is 4. The minimum atomic E-state index is -0.572. The number of piperazine rings is 1. The van der Waals surface area contributed by atoms with Crippen LogP contribution in [0.3, 0.4) is 0 Å². The number of amides is 1. The summed E-state index contributed by atoms with van der Waals surface area (Å²) in [6, 6.07) is 2.64. The van der Waals surface area contributed by atoms with E-state index >= 15 is 0 Å². The largest absolute Gasteiger partial charge is 0.493 e. The molecule has 1 amide bonds. The third kappa shape index (κ3) is 3.95. The van der Waals surface area contributed by atoms with Crippen LogP contribution in [0.2, 0.25) is 0 Å². The van der Waals surface area contributed by atoms with Gasteiger partial charge in [0.25, 0.3) is 11.6 Å². The molecule has 144 valence electrons. The fraction of sp³-hybridized carbons (Fsp3) is 0.412. The van der Waals surface area contributed by atoms with Gasteiger partial charge in [0.2, 0.25) is 0 Å². The normalized spacial score (nSPS) is 14.1. The van der Waals surface area contributed by atoms with Gasteiger partial charge in [0.15, 0.2) is 16.6 Å². The molecule has 1 aromatic carbocycles. The lowest BCUT2D eigenvalue weighted by Crippen LogP contribution is -2.48. The van der Waals surface area contributed by atoms with E-state index in [4.69, 9.17) is 9.47 Å². The quantitative estimate of drug-likeness (QED) is 0.550. The first kappa shape index (κ1) is 18.9. The van der Waals surface area contributed by atoms with E-state index in [-0.39, 0.29) is 22.9 Å². The monoisotopic (exact) mass is 392 g/mol. The van der Waals surface area contributed by atoms with Crippen LogP contribution in [0.5, 0.6) is 11.5 Å². The van der Waals surface area contributed by atoms with Gasteiger partial charge < -0.3 is 19.3 Å². The lowest BCUT2D eigenvalue weighted by molar-refractivity contribution is -0.385. The molecule has 2 heterocycles. The molecule has 1 aliphatic heterocycles.